The molecule has 0 saturated carbocycles. The molecule has 0 aromatic carbocycles. The maximum absolute atomic E-state index is 14.1. The number of nitrogens with zero attached hydrogens (tertiary/aromatic N) is 2. The van der Waals surface area contributed by atoms with Gasteiger partial charge in [0.15, 0.2) is 0 Å². The molecule has 3 rings (SSSR count). The Bertz CT molecular complexity index is 794. The Morgan fingerprint density at radius 2 is 2.03 bits per heavy atom. The third-order valence-corrected chi connectivity index (χ3v) is 9.12. The highest BCUT2D eigenvalue weighted by Crippen LogP contribution is 2.68. The van der Waals surface area contributed by atoms with Crippen LogP contribution in [0.4, 0.5) is 0 Å². The minimum Gasteiger partial charge on any atom is -0.461 e. The summed E-state index contributed by atoms with van der Waals surface area (Å²) in [6.07, 6.45) is 4.36. The number of aliphatic hydroxyl groups excluding tert-OH is 1. The minimum absolute atomic E-state index is 0.0472. The Morgan fingerprint density at radius 3 is 2.59 bits per heavy atom. The van der Waals surface area contributed by atoms with Crippen molar-refractivity contribution in [1.82, 2.24) is 9.80 Å². The first-order valence-electron chi connectivity index (χ1n) is 11.3. The van der Waals surface area contributed by atoms with E-state index in [-0.39, 0.29) is 48.7 Å². The van der Waals surface area contributed by atoms with Crippen LogP contribution in [-0.2, 0) is 19.1 Å². The van der Waals surface area contributed by atoms with Crippen LogP contribution in [0.2, 0.25) is 0 Å². The number of aliphatic hydroxyl groups is 1. The molecule has 7 nitrogen and oxygen atoms in total. The van der Waals surface area contributed by atoms with Gasteiger partial charge in [-0.2, -0.15) is 0 Å². The fourth-order valence-corrected chi connectivity index (χ4v) is 8.16. The molecular weight excluding hydrogens is 428 g/mol. The number of thioether (sulfide) groups is 1. The van der Waals surface area contributed by atoms with Gasteiger partial charge in [-0.1, -0.05) is 25.7 Å². The Labute approximate surface area is 195 Å². The SMILES string of the molecule is C=CCOC(=O)[C@@H]1[C@H]2C(=O)N(CCCO)C(C(=O)N(CC=C)C(C)(C)C)C23S[C@@H]1CC3C. The van der Waals surface area contributed by atoms with Crippen molar-refractivity contribution in [2.45, 2.75) is 62.1 Å². The molecule has 32 heavy (non-hydrogen) atoms. The summed E-state index contributed by atoms with van der Waals surface area (Å²) in [6, 6.07) is -0.687. The lowest BCUT2D eigenvalue weighted by Crippen LogP contribution is -2.60. The lowest BCUT2D eigenvalue weighted by atomic mass is 9.66. The zero-order valence-corrected chi connectivity index (χ0v) is 20.4. The van der Waals surface area contributed by atoms with Crippen molar-refractivity contribution in [3.05, 3.63) is 25.3 Å². The van der Waals surface area contributed by atoms with Crippen LogP contribution < -0.4 is 0 Å². The lowest BCUT2D eigenvalue weighted by Gasteiger charge is -2.44. The third-order valence-electron chi connectivity index (χ3n) is 7.04. The number of likely N-dealkylation sites (tertiary alicyclic amines) is 1. The zero-order chi connectivity index (χ0) is 23.8. The van der Waals surface area contributed by atoms with Crippen LogP contribution in [0, 0.1) is 17.8 Å². The number of fused-ring (bicyclic) bond motifs is 1. The number of carbonyl (C=O) groups is 3. The first-order chi connectivity index (χ1) is 15.1. The van der Waals surface area contributed by atoms with E-state index < -0.39 is 28.2 Å². The highest BCUT2D eigenvalue weighted by Gasteiger charge is 2.76. The summed E-state index contributed by atoms with van der Waals surface area (Å²) >= 11 is 1.63. The van der Waals surface area contributed by atoms with Gasteiger partial charge in [-0.3, -0.25) is 14.4 Å². The van der Waals surface area contributed by atoms with Gasteiger partial charge in [-0.05, 0) is 39.5 Å². The Hall–Kier alpha value is -1.80. The summed E-state index contributed by atoms with van der Waals surface area (Å²) in [4.78, 5) is 44.2. The summed E-state index contributed by atoms with van der Waals surface area (Å²) < 4.78 is 4.70. The van der Waals surface area contributed by atoms with Crippen LogP contribution in [0.3, 0.4) is 0 Å². The second-order valence-corrected chi connectivity index (χ2v) is 11.5. The molecule has 2 amide bonds. The van der Waals surface area contributed by atoms with E-state index in [0.717, 1.165) is 6.42 Å². The van der Waals surface area contributed by atoms with E-state index in [4.69, 9.17) is 4.74 Å². The van der Waals surface area contributed by atoms with Crippen LogP contribution >= 0.6 is 11.8 Å². The predicted molar refractivity (Wildman–Crippen MR) is 125 cm³/mol. The number of hydrogen-bond donors (Lipinski definition) is 1. The van der Waals surface area contributed by atoms with Crippen molar-refractivity contribution >= 4 is 29.5 Å². The summed E-state index contributed by atoms with van der Waals surface area (Å²) in [5.74, 6) is -1.76. The maximum atomic E-state index is 14.1. The van der Waals surface area contributed by atoms with Gasteiger partial charge in [0.25, 0.3) is 0 Å². The Morgan fingerprint density at radius 1 is 1.34 bits per heavy atom. The molecule has 0 aromatic heterocycles. The van der Waals surface area contributed by atoms with Gasteiger partial charge in [0.2, 0.25) is 11.8 Å². The van der Waals surface area contributed by atoms with Crippen LogP contribution in [0.5, 0.6) is 0 Å². The molecule has 3 unspecified atom stereocenters. The van der Waals surface area contributed by atoms with Gasteiger partial charge in [-0.25, -0.2) is 0 Å². The molecule has 3 aliphatic rings. The van der Waals surface area contributed by atoms with Crippen molar-refractivity contribution in [2.24, 2.45) is 17.8 Å². The Kier molecular flexibility index (Phi) is 7.15. The van der Waals surface area contributed by atoms with Crippen LogP contribution in [0.1, 0.15) is 40.5 Å². The summed E-state index contributed by atoms with van der Waals surface area (Å²) in [6.45, 7) is 16.1. The van der Waals surface area contributed by atoms with E-state index in [1.807, 2.05) is 20.8 Å². The van der Waals surface area contributed by atoms with E-state index in [9.17, 15) is 19.5 Å². The zero-order valence-electron chi connectivity index (χ0n) is 19.6. The first kappa shape index (κ1) is 24.8. The molecule has 3 aliphatic heterocycles. The molecule has 1 spiro atoms. The van der Waals surface area contributed by atoms with Gasteiger partial charge in [-0.15, -0.1) is 18.3 Å². The topological polar surface area (TPSA) is 87.1 Å². The van der Waals surface area contributed by atoms with Crippen molar-refractivity contribution in [2.75, 3.05) is 26.3 Å². The summed E-state index contributed by atoms with van der Waals surface area (Å²) in [5, 5.41) is 9.40. The molecule has 8 heteroatoms. The number of esters is 1. The van der Waals surface area contributed by atoms with Gasteiger partial charge < -0.3 is 19.6 Å². The normalized spacial score (nSPS) is 33.2. The fourth-order valence-electron chi connectivity index (χ4n) is 5.76. The van der Waals surface area contributed by atoms with E-state index in [1.165, 1.54) is 6.08 Å². The van der Waals surface area contributed by atoms with Gasteiger partial charge in [0.05, 0.1) is 16.6 Å². The lowest BCUT2D eigenvalue weighted by molar-refractivity contribution is -0.153. The number of ether oxygens (including phenoxy) is 1. The third kappa shape index (κ3) is 3.79. The highest BCUT2D eigenvalue weighted by atomic mass is 32.2. The van der Waals surface area contributed by atoms with Crippen LogP contribution in [0.25, 0.3) is 0 Å². The highest BCUT2D eigenvalue weighted by molar-refractivity contribution is 8.02. The monoisotopic (exact) mass is 464 g/mol. The summed E-state index contributed by atoms with van der Waals surface area (Å²) in [7, 11) is 0. The van der Waals surface area contributed by atoms with Gasteiger partial charge >= 0.3 is 5.97 Å². The molecule has 0 aliphatic carbocycles. The van der Waals surface area contributed by atoms with Crippen molar-refractivity contribution in [3.8, 4) is 0 Å². The minimum atomic E-state index is -0.687. The van der Waals surface area contributed by atoms with Crippen LogP contribution in [-0.4, -0.2) is 80.6 Å². The van der Waals surface area contributed by atoms with E-state index >= 15 is 0 Å². The van der Waals surface area contributed by atoms with Crippen molar-refractivity contribution in [1.29, 1.82) is 0 Å². The number of rotatable bonds is 9. The van der Waals surface area contributed by atoms with E-state index in [1.54, 1.807) is 27.6 Å². The molecule has 178 valence electrons. The molecule has 3 heterocycles. The van der Waals surface area contributed by atoms with Crippen LogP contribution in [0.15, 0.2) is 25.3 Å². The fraction of sp³-hybridized carbons (Fsp3) is 0.708. The molecule has 1 N–H and O–H groups in total. The molecule has 6 atom stereocenters. The molecular formula is C24H36N2O5S. The molecule has 0 aromatic rings. The Balaban J connectivity index is 2.08. The number of hydrogen-bond acceptors (Lipinski definition) is 6. The average Bonchev–Trinajstić information content (AvgIpc) is 3.31. The first-order valence-corrected chi connectivity index (χ1v) is 12.2. The molecule has 0 radical (unpaired) electrons. The second-order valence-electron chi connectivity index (χ2n) is 9.99. The van der Waals surface area contributed by atoms with Crippen molar-refractivity contribution < 1.29 is 24.2 Å². The molecule has 2 bridgehead atoms. The van der Waals surface area contributed by atoms with Gasteiger partial charge in [0, 0.05) is 30.5 Å². The standard InChI is InChI=1S/C24H36N2O5S/c1-7-10-26(23(4,5)6)21(29)19-24-15(3)14-16(32-24)17(22(30)31-13-8-2)18(24)20(28)25(19)11-9-12-27/h7-8,15-19,27H,1-2,9-14H2,3-6H3/t15?,16-,17+,18+,19?,24?/m1/s1. The molecule has 3 saturated heterocycles. The number of amides is 2. The molecule has 3 fully saturated rings. The summed E-state index contributed by atoms with van der Waals surface area (Å²) in [5.41, 5.74) is -0.460. The smallest absolute Gasteiger partial charge is 0.311 e. The van der Waals surface area contributed by atoms with E-state index in [0.29, 0.717) is 13.0 Å². The largest absolute Gasteiger partial charge is 0.461 e. The van der Waals surface area contributed by atoms with E-state index in [2.05, 4.69) is 20.1 Å². The second kappa shape index (κ2) is 9.21. The predicted octanol–water partition coefficient (Wildman–Crippen LogP) is 2.25. The quantitative estimate of drug-likeness (QED) is 0.416. The maximum Gasteiger partial charge on any atom is 0.311 e. The average molecular weight is 465 g/mol. The number of carbonyl (C=O) groups excluding carboxylic acids is 3. The van der Waals surface area contributed by atoms with Gasteiger partial charge in [0.1, 0.15) is 12.6 Å². The van der Waals surface area contributed by atoms with Crippen molar-refractivity contribution in [3.63, 3.8) is 0 Å².